The van der Waals surface area contributed by atoms with Gasteiger partial charge in [-0.1, -0.05) is 54.1 Å². The number of anilines is 1. The second-order valence-corrected chi connectivity index (χ2v) is 10.3. The predicted molar refractivity (Wildman–Crippen MR) is 148 cm³/mol. The number of benzene rings is 2. The Morgan fingerprint density at radius 2 is 1.84 bits per heavy atom. The number of hydrogen-bond donors (Lipinski definition) is 2. The van der Waals surface area contributed by atoms with Crippen molar-refractivity contribution in [3.63, 3.8) is 0 Å². The third-order valence-corrected chi connectivity index (χ3v) is 7.61. The van der Waals surface area contributed by atoms with Gasteiger partial charge in [0.1, 0.15) is 0 Å². The summed E-state index contributed by atoms with van der Waals surface area (Å²) in [6, 6.07) is 18.7. The monoisotopic (exact) mass is 514 g/mol. The molecule has 2 N–H and O–H groups in total. The number of ether oxygens (including phenoxy) is 1. The van der Waals surface area contributed by atoms with Crippen LogP contribution in [0.25, 0.3) is 27.7 Å². The largest absolute Gasteiger partial charge is 0.378 e. The quantitative estimate of drug-likeness (QED) is 0.191. The number of aromatic nitrogens is 2. The molecular weight excluding hydrogens is 484 g/mol. The number of nitrogens with one attached hydrogen (secondary N) is 1. The van der Waals surface area contributed by atoms with Gasteiger partial charge in [0.05, 0.1) is 23.4 Å². The molecular formula is C29H30N4O3S. The van der Waals surface area contributed by atoms with Crippen molar-refractivity contribution < 1.29 is 14.7 Å². The van der Waals surface area contributed by atoms with E-state index in [4.69, 9.17) is 19.9 Å². The van der Waals surface area contributed by atoms with Crippen LogP contribution in [0, 0.1) is 6.92 Å². The highest BCUT2D eigenvalue weighted by Crippen LogP contribution is 2.35. The van der Waals surface area contributed by atoms with Crippen LogP contribution in [0.3, 0.4) is 0 Å². The summed E-state index contributed by atoms with van der Waals surface area (Å²) in [4.78, 5) is 24.8. The van der Waals surface area contributed by atoms with Crippen LogP contribution in [0.5, 0.6) is 0 Å². The van der Waals surface area contributed by atoms with E-state index in [2.05, 4.69) is 54.3 Å². The zero-order valence-electron chi connectivity index (χ0n) is 20.8. The number of carbonyl (C=O) groups is 1. The lowest BCUT2D eigenvalue weighted by Crippen LogP contribution is -2.36. The van der Waals surface area contributed by atoms with E-state index in [-0.39, 0.29) is 0 Å². The summed E-state index contributed by atoms with van der Waals surface area (Å²) < 4.78 is 6.73. The van der Waals surface area contributed by atoms with Crippen molar-refractivity contribution in [1.29, 1.82) is 0 Å². The van der Waals surface area contributed by atoms with Crippen LogP contribution in [0.15, 0.2) is 60.7 Å². The molecule has 0 radical (unpaired) electrons. The van der Waals surface area contributed by atoms with Crippen molar-refractivity contribution in [2.75, 3.05) is 31.2 Å². The van der Waals surface area contributed by atoms with Gasteiger partial charge in [0, 0.05) is 29.6 Å². The maximum absolute atomic E-state index is 11.1. The Morgan fingerprint density at radius 3 is 2.57 bits per heavy atom. The van der Waals surface area contributed by atoms with Crippen molar-refractivity contribution in [2.24, 2.45) is 0 Å². The minimum Gasteiger partial charge on any atom is -0.378 e. The van der Waals surface area contributed by atoms with Crippen LogP contribution < -0.4 is 10.4 Å². The van der Waals surface area contributed by atoms with Crippen molar-refractivity contribution in [3.8, 4) is 11.4 Å². The third kappa shape index (κ3) is 6.22. The van der Waals surface area contributed by atoms with E-state index >= 15 is 0 Å². The molecule has 1 fully saturated rings. The number of thiophene rings is 1. The van der Waals surface area contributed by atoms with Gasteiger partial charge in [-0.05, 0) is 49.5 Å². The van der Waals surface area contributed by atoms with Crippen molar-refractivity contribution in [3.05, 3.63) is 82.2 Å². The fourth-order valence-electron chi connectivity index (χ4n) is 4.38. The van der Waals surface area contributed by atoms with Crippen molar-refractivity contribution >= 4 is 39.4 Å². The molecule has 0 unspecified atom stereocenters. The van der Waals surface area contributed by atoms with Gasteiger partial charge in [-0.25, -0.2) is 15.4 Å². The summed E-state index contributed by atoms with van der Waals surface area (Å²) in [7, 11) is 0. The normalized spacial score (nSPS) is 13.9. The fourth-order valence-corrected chi connectivity index (χ4v) is 5.53. The molecule has 0 bridgehead atoms. The minimum atomic E-state index is -0.542. The van der Waals surface area contributed by atoms with Crippen LogP contribution in [0.2, 0.25) is 0 Å². The lowest BCUT2D eigenvalue weighted by Gasteiger charge is -2.28. The molecule has 37 heavy (non-hydrogen) atoms. The number of aryl methyl sites for hydroxylation is 3. The maximum Gasteiger partial charge on any atom is 0.267 e. The number of fused-ring (bicyclic) bond motifs is 1. The standard InChI is InChI=1S/C29H30N4O3S/c1-20-5-12-23(13-6-20)28-30-25-19-24(37-27(25)29(31-28)33-15-17-36-18-16-33)4-2-3-21-7-9-22(10-8-21)11-14-26(34)32-35/h5-14,19,35H,2-4,15-18H2,1H3,(H,32,34)/b14-11+. The Morgan fingerprint density at radius 1 is 1.08 bits per heavy atom. The van der Waals surface area contributed by atoms with E-state index in [0.29, 0.717) is 13.2 Å². The van der Waals surface area contributed by atoms with Gasteiger partial charge in [0.25, 0.3) is 5.91 Å². The van der Waals surface area contributed by atoms with Crippen molar-refractivity contribution in [2.45, 2.75) is 26.2 Å². The molecule has 2 aromatic heterocycles. The molecule has 1 aliphatic rings. The average Bonchev–Trinajstić information content (AvgIpc) is 3.35. The molecule has 0 spiro atoms. The number of rotatable bonds is 8. The van der Waals surface area contributed by atoms with E-state index in [0.717, 1.165) is 65.3 Å². The molecule has 190 valence electrons. The first-order valence-electron chi connectivity index (χ1n) is 12.5. The minimum absolute atomic E-state index is 0.542. The predicted octanol–water partition coefficient (Wildman–Crippen LogP) is 5.20. The molecule has 3 heterocycles. The summed E-state index contributed by atoms with van der Waals surface area (Å²) in [5.41, 5.74) is 7.02. The smallest absolute Gasteiger partial charge is 0.267 e. The third-order valence-electron chi connectivity index (χ3n) is 6.43. The summed E-state index contributed by atoms with van der Waals surface area (Å²) in [6.07, 6.45) is 5.94. The molecule has 0 aliphatic carbocycles. The number of hydrogen-bond acceptors (Lipinski definition) is 7. The Balaban J connectivity index is 1.32. The van der Waals surface area contributed by atoms with Crippen LogP contribution in [0.4, 0.5) is 5.82 Å². The number of amides is 1. The summed E-state index contributed by atoms with van der Waals surface area (Å²) >= 11 is 1.80. The first kappa shape index (κ1) is 25.1. The van der Waals surface area contributed by atoms with Gasteiger partial charge in [-0.15, -0.1) is 11.3 Å². The highest BCUT2D eigenvalue weighted by Gasteiger charge is 2.20. The van der Waals surface area contributed by atoms with E-state index in [1.54, 1.807) is 22.9 Å². The molecule has 4 aromatic rings. The molecule has 1 amide bonds. The average molecular weight is 515 g/mol. The van der Waals surface area contributed by atoms with Crippen LogP contribution in [-0.4, -0.2) is 47.4 Å². The van der Waals surface area contributed by atoms with E-state index in [1.165, 1.54) is 22.1 Å². The van der Waals surface area contributed by atoms with Gasteiger partial charge < -0.3 is 9.64 Å². The highest BCUT2D eigenvalue weighted by molar-refractivity contribution is 7.19. The summed E-state index contributed by atoms with van der Waals surface area (Å²) in [5.74, 6) is 1.24. The van der Waals surface area contributed by atoms with E-state index < -0.39 is 5.91 Å². The molecule has 7 nitrogen and oxygen atoms in total. The molecule has 8 heteroatoms. The molecule has 0 atom stereocenters. The summed E-state index contributed by atoms with van der Waals surface area (Å²) in [6.45, 7) is 5.19. The van der Waals surface area contributed by atoms with Crippen LogP contribution >= 0.6 is 11.3 Å². The van der Waals surface area contributed by atoms with Crippen LogP contribution in [0.1, 0.15) is 28.0 Å². The fraction of sp³-hybridized carbons (Fsp3) is 0.276. The van der Waals surface area contributed by atoms with Gasteiger partial charge in [0.2, 0.25) is 0 Å². The van der Waals surface area contributed by atoms with Crippen molar-refractivity contribution in [1.82, 2.24) is 15.4 Å². The van der Waals surface area contributed by atoms with E-state index in [9.17, 15) is 4.79 Å². The molecule has 2 aromatic carbocycles. The number of carbonyl (C=O) groups excluding carboxylic acids is 1. The Bertz CT molecular complexity index is 1390. The maximum atomic E-state index is 11.1. The molecule has 1 saturated heterocycles. The number of morpholine rings is 1. The van der Waals surface area contributed by atoms with Crippen LogP contribution in [-0.2, 0) is 22.4 Å². The lowest BCUT2D eigenvalue weighted by molar-refractivity contribution is -0.124. The Kier molecular flexibility index (Phi) is 7.89. The topological polar surface area (TPSA) is 87.6 Å². The lowest BCUT2D eigenvalue weighted by atomic mass is 10.1. The molecule has 0 saturated carbocycles. The Labute approximate surface area is 220 Å². The van der Waals surface area contributed by atoms with Gasteiger partial charge in [0.15, 0.2) is 11.6 Å². The number of hydroxylamine groups is 1. The summed E-state index contributed by atoms with van der Waals surface area (Å²) in [5, 5.41) is 8.59. The van der Waals surface area contributed by atoms with Gasteiger partial charge in [-0.3, -0.25) is 10.0 Å². The van der Waals surface area contributed by atoms with Gasteiger partial charge >= 0.3 is 0 Å². The second kappa shape index (κ2) is 11.6. The molecule has 1 aliphatic heterocycles. The molecule has 5 rings (SSSR count). The van der Waals surface area contributed by atoms with Gasteiger partial charge in [-0.2, -0.15) is 0 Å². The second-order valence-electron chi connectivity index (χ2n) is 9.17. The first-order chi connectivity index (χ1) is 18.1. The van der Waals surface area contributed by atoms with E-state index in [1.807, 2.05) is 12.1 Å². The highest BCUT2D eigenvalue weighted by atomic mass is 32.1. The zero-order chi connectivity index (χ0) is 25.6. The first-order valence-corrected chi connectivity index (χ1v) is 13.3. The SMILES string of the molecule is Cc1ccc(-c2nc(N3CCOCC3)c3sc(CCCc4ccc(/C=C/C(=O)NO)cc4)cc3n2)cc1. The number of nitrogens with zero attached hydrogens (tertiary/aromatic N) is 3. The zero-order valence-corrected chi connectivity index (χ0v) is 21.6. The Hall–Kier alpha value is -3.59.